The van der Waals surface area contributed by atoms with Crippen molar-refractivity contribution in [2.24, 2.45) is 11.8 Å². The Hall–Kier alpha value is -3.09. The molecule has 2 bridgehead atoms. The van der Waals surface area contributed by atoms with Crippen LogP contribution in [0.15, 0.2) is 73.4 Å². The summed E-state index contributed by atoms with van der Waals surface area (Å²) in [6.45, 7) is 6.77. The van der Waals surface area contributed by atoms with Crippen LogP contribution in [-0.2, 0) is 6.54 Å². The van der Waals surface area contributed by atoms with E-state index < -0.39 is 6.10 Å². The minimum Gasteiger partial charge on any atom is -0.382 e. The fourth-order valence-corrected chi connectivity index (χ4v) is 6.05. The molecule has 3 aromatic rings. The molecule has 1 N–H and O–H groups in total. The SMILES string of the molecule is C=CC1C[N+]2(Cc3ccc([N+](=O)[O-])cc3)CCC1CC2[C@H](O)c1ccnc2ccccc12. The van der Waals surface area contributed by atoms with Gasteiger partial charge < -0.3 is 9.59 Å². The molecule has 0 spiro atoms. The molecular formula is C26H28N3O3+. The van der Waals surface area contributed by atoms with E-state index in [4.69, 9.17) is 0 Å². The summed E-state index contributed by atoms with van der Waals surface area (Å²) in [6, 6.07) is 16.9. The molecule has 6 rings (SSSR count). The Balaban J connectivity index is 1.52. The summed E-state index contributed by atoms with van der Waals surface area (Å²) < 4.78 is 0.781. The molecule has 0 radical (unpaired) electrons. The Morgan fingerprint density at radius 3 is 2.75 bits per heavy atom. The van der Waals surface area contributed by atoms with Gasteiger partial charge in [-0.25, -0.2) is 0 Å². The Morgan fingerprint density at radius 2 is 2.00 bits per heavy atom. The van der Waals surface area contributed by atoms with Gasteiger partial charge in [-0.1, -0.05) is 24.3 Å². The molecule has 2 aromatic carbocycles. The number of quaternary nitrogens is 1. The summed E-state index contributed by atoms with van der Waals surface area (Å²) in [6.07, 6.45) is 5.32. The molecule has 164 valence electrons. The van der Waals surface area contributed by atoms with Crippen LogP contribution in [-0.4, -0.2) is 38.6 Å². The zero-order valence-electron chi connectivity index (χ0n) is 18.0. The summed E-state index contributed by atoms with van der Waals surface area (Å²) in [5.74, 6) is 0.969. The molecule has 32 heavy (non-hydrogen) atoms. The predicted molar refractivity (Wildman–Crippen MR) is 124 cm³/mol. The number of para-hydroxylation sites is 1. The first kappa shape index (κ1) is 20.8. The molecule has 6 heteroatoms. The Labute approximate surface area is 187 Å². The first-order chi connectivity index (χ1) is 15.5. The number of hydrogen-bond acceptors (Lipinski definition) is 4. The standard InChI is InChI=1S/C26H28N3O3/c1-2-19-17-29(16-18-7-9-21(10-8-18)28(31)32)14-12-20(19)15-25(29)26(30)23-11-13-27-24-6-4-3-5-22(23)24/h2-11,13,19-20,25-26,30H,1,12,14-17H2/q+1/t19?,20?,25?,26-,29?/m1/s1. The maximum absolute atomic E-state index is 11.7. The van der Waals surface area contributed by atoms with E-state index in [-0.39, 0.29) is 16.7 Å². The number of rotatable bonds is 6. The van der Waals surface area contributed by atoms with Gasteiger partial charge in [0.1, 0.15) is 18.7 Å². The van der Waals surface area contributed by atoms with Crippen LogP contribution in [0.5, 0.6) is 0 Å². The van der Waals surface area contributed by atoms with Crippen LogP contribution in [0.2, 0.25) is 0 Å². The molecular weight excluding hydrogens is 402 g/mol. The van der Waals surface area contributed by atoms with Crippen molar-refractivity contribution in [1.82, 2.24) is 4.98 Å². The van der Waals surface area contributed by atoms with Crippen molar-refractivity contribution in [2.75, 3.05) is 13.1 Å². The number of aliphatic hydroxyl groups excluding tert-OH is 1. The minimum atomic E-state index is -0.602. The lowest BCUT2D eigenvalue weighted by Gasteiger charge is -2.58. The van der Waals surface area contributed by atoms with Crippen molar-refractivity contribution < 1.29 is 14.5 Å². The number of nitrogens with zero attached hydrogens (tertiary/aromatic N) is 3. The van der Waals surface area contributed by atoms with Gasteiger partial charge in [0.2, 0.25) is 0 Å². The molecule has 4 unspecified atom stereocenters. The van der Waals surface area contributed by atoms with Crippen LogP contribution in [0.25, 0.3) is 10.9 Å². The summed E-state index contributed by atoms with van der Waals surface area (Å²) in [4.78, 5) is 15.2. The fourth-order valence-electron chi connectivity index (χ4n) is 6.05. The van der Waals surface area contributed by atoms with Gasteiger partial charge in [0.15, 0.2) is 0 Å². The fraction of sp³-hybridized carbons (Fsp3) is 0.346. The van der Waals surface area contributed by atoms with Crippen LogP contribution < -0.4 is 0 Å². The summed E-state index contributed by atoms with van der Waals surface area (Å²) in [7, 11) is 0. The van der Waals surface area contributed by atoms with Gasteiger partial charge in [-0.2, -0.15) is 0 Å². The average Bonchev–Trinajstić information content (AvgIpc) is 2.83. The van der Waals surface area contributed by atoms with Crippen LogP contribution in [0, 0.1) is 22.0 Å². The van der Waals surface area contributed by atoms with E-state index >= 15 is 0 Å². The lowest BCUT2D eigenvalue weighted by Crippen LogP contribution is -2.67. The van der Waals surface area contributed by atoms with Gasteiger partial charge in [-0.05, 0) is 35.7 Å². The zero-order valence-corrected chi connectivity index (χ0v) is 18.0. The molecule has 3 aliphatic rings. The van der Waals surface area contributed by atoms with Crippen molar-refractivity contribution in [2.45, 2.75) is 31.5 Å². The predicted octanol–water partition coefficient (Wildman–Crippen LogP) is 4.79. The second-order valence-electron chi connectivity index (χ2n) is 9.32. The van der Waals surface area contributed by atoms with Crippen LogP contribution >= 0.6 is 0 Å². The van der Waals surface area contributed by atoms with E-state index in [9.17, 15) is 15.2 Å². The molecule has 0 aliphatic carbocycles. The Bertz CT molecular complexity index is 1160. The zero-order chi connectivity index (χ0) is 22.3. The monoisotopic (exact) mass is 430 g/mol. The summed E-state index contributed by atoms with van der Waals surface area (Å²) in [5.41, 5.74) is 3.00. The van der Waals surface area contributed by atoms with Crippen molar-refractivity contribution in [3.63, 3.8) is 0 Å². The maximum Gasteiger partial charge on any atom is 0.269 e. The van der Waals surface area contributed by atoms with E-state index in [2.05, 4.69) is 17.6 Å². The molecule has 4 heterocycles. The van der Waals surface area contributed by atoms with E-state index in [0.29, 0.717) is 11.8 Å². The highest BCUT2D eigenvalue weighted by atomic mass is 16.6. The summed E-state index contributed by atoms with van der Waals surface area (Å²) >= 11 is 0. The van der Waals surface area contributed by atoms with Gasteiger partial charge >= 0.3 is 0 Å². The number of pyridine rings is 1. The van der Waals surface area contributed by atoms with Crippen LogP contribution in [0.4, 0.5) is 5.69 Å². The van der Waals surface area contributed by atoms with Crippen molar-refractivity contribution in [3.8, 4) is 0 Å². The molecule has 3 fully saturated rings. The number of benzene rings is 2. The topological polar surface area (TPSA) is 76.3 Å². The van der Waals surface area contributed by atoms with Crippen molar-refractivity contribution in [3.05, 3.63) is 94.7 Å². The van der Waals surface area contributed by atoms with Gasteiger partial charge in [0, 0.05) is 48.0 Å². The second kappa shape index (κ2) is 8.11. The van der Waals surface area contributed by atoms with Gasteiger partial charge in [0.25, 0.3) is 5.69 Å². The lowest BCUT2D eigenvalue weighted by molar-refractivity contribution is -0.984. The molecule has 6 nitrogen and oxygen atoms in total. The van der Waals surface area contributed by atoms with Crippen LogP contribution in [0.1, 0.15) is 30.1 Å². The molecule has 3 aliphatic heterocycles. The summed E-state index contributed by atoms with van der Waals surface area (Å²) in [5, 5.41) is 23.8. The number of hydrogen-bond donors (Lipinski definition) is 1. The smallest absolute Gasteiger partial charge is 0.269 e. The number of nitro groups is 1. The normalized spacial score (nSPS) is 27.8. The maximum atomic E-state index is 11.7. The van der Waals surface area contributed by atoms with Crippen LogP contribution in [0.3, 0.4) is 0 Å². The first-order valence-corrected chi connectivity index (χ1v) is 11.2. The van der Waals surface area contributed by atoms with Gasteiger partial charge in [0.05, 0.1) is 23.5 Å². The third-order valence-electron chi connectivity index (χ3n) is 7.69. The number of nitro benzene ring substituents is 1. The molecule has 0 amide bonds. The highest BCUT2D eigenvalue weighted by Crippen LogP contribution is 2.48. The molecule has 5 atom stereocenters. The number of fused-ring (bicyclic) bond motifs is 4. The largest absolute Gasteiger partial charge is 0.382 e. The van der Waals surface area contributed by atoms with Crippen molar-refractivity contribution >= 4 is 16.6 Å². The van der Waals surface area contributed by atoms with E-state index in [0.717, 1.165) is 59.0 Å². The van der Waals surface area contributed by atoms with E-state index in [1.54, 1.807) is 18.3 Å². The second-order valence-corrected chi connectivity index (χ2v) is 9.32. The number of piperidine rings is 3. The first-order valence-electron chi connectivity index (χ1n) is 11.2. The van der Waals surface area contributed by atoms with Gasteiger partial charge in [-0.3, -0.25) is 15.1 Å². The van der Waals surface area contributed by atoms with Crippen molar-refractivity contribution in [1.29, 1.82) is 0 Å². The third-order valence-corrected chi connectivity index (χ3v) is 7.69. The Morgan fingerprint density at radius 1 is 1.22 bits per heavy atom. The highest BCUT2D eigenvalue weighted by molar-refractivity contribution is 5.82. The van der Waals surface area contributed by atoms with Gasteiger partial charge in [-0.15, -0.1) is 6.58 Å². The van der Waals surface area contributed by atoms with E-state index in [1.165, 1.54) is 0 Å². The Kier molecular flexibility index (Phi) is 5.27. The highest BCUT2D eigenvalue weighted by Gasteiger charge is 2.54. The minimum absolute atomic E-state index is 0.0611. The third kappa shape index (κ3) is 3.49. The molecule has 1 aromatic heterocycles. The quantitative estimate of drug-likeness (QED) is 0.264. The van der Waals surface area contributed by atoms with E-state index in [1.807, 2.05) is 42.5 Å². The average molecular weight is 431 g/mol. The molecule has 3 saturated heterocycles. The number of non-ortho nitro benzene ring substituents is 1. The molecule has 0 saturated carbocycles. The lowest BCUT2D eigenvalue weighted by atomic mass is 9.71. The number of aliphatic hydroxyl groups is 1. The number of aromatic nitrogens is 1.